The van der Waals surface area contributed by atoms with Gasteiger partial charge in [-0.3, -0.25) is 9.59 Å². The van der Waals surface area contributed by atoms with Crippen LogP contribution in [-0.2, 0) is 12.8 Å². The van der Waals surface area contributed by atoms with Gasteiger partial charge in [0, 0.05) is 33.9 Å². The quantitative estimate of drug-likeness (QED) is 0.0505. The van der Waals surface area contributed by atoms with E-state index >= 15 is 0 Å². The van der Waals surface area contributed by atoms with Gasteiger partial charge in [-0.25, -0.2) is 28.7 Å². The van der Waals surface area contributed by atoms with Crippen molar-refractivity contribution < 1.29 is 0 Å². The molecule has 8 aromatic rings. The van der Waals surface area contributed by atoms with Crippen molar-refractivity contribution in [2.45, 2.75) is 155 Å². The summed E-state index contributed by atoms with van der Waals surface area (Å²) in [7, 11) is 0. The lowest BCUT2D eigenvalue weighted by molar-refractivity contribution is 0.556. The van der Waals surface area contributed by atoms with Crippen LogP contribution in [-0.4, -0.2) is 28.7 Å². The average Bonchev–Trinajstić information content (AvgIpc) is 3.91. The van der Waals surface area contributed by atoms with Crippen LogP contribution in [0.25, 0.3) is 64.6 Å². The van der Waals surface area contributed by atoms with Gasteiger partial charge in [0.1, 0.15) is 31.7 Å². The molecule has 288 valence electrons. The zero-order valence-electron chi connectivity index (χ0n) is 32.9. The van der Waals surface area contributed by atoms with Gasteiger partial charge in [-0.1, -0.05) is 129 Å². The van der Waals surface area contributed by atoms with E-state index in [9.17, 15) is 9.59 Å². The van der Waals surface area contributed by atoms with Crippen LogP contribution >= 0.6 is 11.3 Å². The van der Waals surface area contributed by atoms with E-state index in [1.54, 1.807) is 8.80 Å². The Morgan fingerprint density at radius 1 is 0.491 bits per heavy atom. The lowest BCUT2D eigenvalue weighted by Crippen LogP contribution is -2.12. The van der Waals surface area contributed by atoms with Crippen LogP contribution in [0.1, 0.15) is 153 Å². The molecule has 0 saturated heterocycles. The van der Waals surface area contributed by atoms with Gasteiger partial charge < -0.3 is 0 Å². The van der Waals surface area contributed by atoms with E-state index < -0.39 is 0 Å². The Balaban J connectivity index is 1.01. The first-order chi connectivity index (χ1) is 27.1. The topological polar surface area (TPSA) is 94.5 Å². The summed E-state index contributed by atoms with van der Waals surface area (Å²) in [6, 6.07) is 8.28. The lowest BCUT2D eigenvalue weighted by atomic mass is 10.0. The Bertz CT molecular complexity index is 2480. The van der Waals surface area contributed by atoms with Crippen LogP contribution in [0.2, 0.25) is 0 Å². The van der Waals surface area contributed by atoms with Crippen LogP contribution in [0.15, 0.2) is 46.2 Å². The summed E-state index contributed by atoms with van der Waals surface area (Å²) >= 11 is 1.27. The second-order valence-corrected chi connectivity index (χ2v) is 17.1. The van der Waals surface area contributed by atoms with Gasteiger partial charge in [0.05, 0.1) is 0 Å². The molecular weight excluding hydrogens is 701 g/mol. The lowest BCUT2D eigenvalue weighted by Gasteiger charge is -2.05. The van der Waals surface area contributed by atoms with E-state index in [0.29, 0.717) is 32.0 Å². The van der Waals surface area contributed by atoms with Crippen LogP contribution in [0.5, 0.6) is 0 Å². The van der Waals surface area contributed by atoms with Crippen LogP contribution in [0, 0.1) is 0 Å². The first-order valence-corrected chi connectivity index (χ1v) is 22.3. The molecule has 8 rings (SSSR count). The van der Waals surface area contributed by atoms with Gasteiger partial charge in [0.2, 0.25) is 0 Å². The molecule has 1 aromatic carbocycles. The van der Waals surface area contributed by atoms with Gasteiger partial charge in [0.15, 0.2) is 11.3 Å². The maximum absolute atomic E-state index is 14.2. The van der Waals surface area contributed by atoms with Crippen molar-refractivity contribution in [1.82, 2.24) is 28.7 Å². The predicted octanol–water partition coefficient (Wildman–Crippen LogP) is 12.1. The number of rotatable bonds is 22. The van der Waals surface area contributed by atoms with Crippen LogP contribution in [0.3, 0.4) is 0 Å². The second kappa shape index (κ2) is 17.3. The molecule has 7 heterocycles. The first-order valence-electron chi connectivity index (χ1n) is 21.5. The Labute approximate surface area is 327 Å². The molecule has 55 heavy (non-hydrogen) atoms. The predicted molar refractivity (Wildman–Crippen MR) is 231 cm³/mol. The summed E-state index contributed by atoms with van der Waals surface area (Å²) < 4.78 is 4.40. The van der Waals surface area contributed by atoms with E-state index in [-0.39, 0.29) is 11.1 Å². The molecule has 0 atom stereocenters. The molecule has 8 nitrogen and oxygen atoms in total. The fourth-order valence-corrected chi connectivity index (χ4v) is 10.0. The average molecular weight is 757 g/mol. The highest BCUT2D eigenvalue weighted by Gasteiger charge is 2.25. The second-order valence-electron chi connectivity index (χ2n) is 16.1. The summed E-state index contributed by atoms with van der Waals surface area (Å²) in [6.07, 6.45) is 31.9. The Morgan fingerprint density at radius 3 is 1.24 bits per heavy atom. The normalized spacial score (nSPS) is 12.5. The Morgan fingerprint density at radius 2 is 0.855 bits per heavy atom. The van der Waals surface area contributed by atoms with Crippen molar-refractivity contribution >= 4 is 75.9 Å². The number of fused-ring (bicyclic) bond motifs is 8. The number of pyridine rings is 4. The van der Waals surface area contributed by atoms with Gasteiger partial charge in [-0.2, -0.15) is 0 Å². The zero-order valence-corrected chi connectivity index (χ0v) is 33.7. The molecular formula is C46H56N6O2S. The number of unbranched alkanes of at least 4 members (excludes halogenated alkanes) is 18. The van der Waals surface area contributed by atoms with Gasteiger partial charge in [-0.15, -0.1) is 11.3 Å². The van der Waals surface area contributed by atoms with Gasteiger partial charge in [-0.05, 0) is 61.1 Å². The number of hydrogen-bond acceptors (Lipinski definition) is 7. The van der Waals surface area contributed by atoms with Crippen molar-refractivity contribution in [3.8, 4) is 0 Å². The molecule has 0 radical (unpaired) electrons. The Hall–Kier alpha value is -4.24. The smallest absolute Gasteiger partial charge is 0.267 e. The van der Waals surface area contributed by atoms with Crippen molar-refractivity contribution in [3.05, 3.63) is 68.5 Å². The number of nitrogens with zero attached hydrogens (tertiary/aromatic N) is 6. The van der Waals surface area contributed by atoms with E-state index in [2.05, 4.69) is 26.0 Å². The maximum Gasteiger partial charge on any atom is 0.276 e. The number of benzene rings is 1. The third-order valence-corrected chi connectivity index (χ3v) is 13.1. The zero-order chi connectivity index (χ0) is 37.7. The molecule has 0 saturated carbocycles. The molecule has 0 N–H and O–H groups in total. The highest BCUT2D eigenvalue weighted by atomic mass is 32.1. The maximum atomic E-state index is 14.2. The minimum Gasteiger partial charge on any atom is -0.267 e. The van der Waals surface area contributed by atoms with Crippen molar-refractivity contribution in [3.63, 3.8) is 0 Å². The minimum absolute atomic E-state index is 0.176. The standard InChI is InChI=1S/C46H56N6O2S/c1-3-5-7-9-11-13-15-17-19-21-23-31-27-35-43(47-29-31)51-41(49-35)33-25-26-34-38-37(33)39(45(51)53)55-40(38)46(54)52-42(34)50-36-28-32(30-48-44(36)52)24-22-20-18-16-14-12-10-8-6-4-2/h25-30H,3-24H2,1-2H3. The highest BCUT2D eigenvalue weighted by molar-refractivity contribution is 7.26. The number of imidazole rings is 2. The highest BCUT2D eigenvalue weighted by Crippen LogP contribution is 2.41. The molecule has 0 spiro atoms. The number of thiophene rings is 1. The third-order valence-electron chi connectivity index (χ3n) is 11.9. The molecule has 0 bridgehead atoms. The molecule has 7 aromatic heterocycles. The number of hydrogen-bond donors (Lipinski definition) is 0. The summed E-state index contributed by atoms with van der Waals surface area (Å²) in [5, 5.41) is 3.33. The molecule has 0 aliphatic heterocycles. The van der Waals surface area contributed by atoms with E-state index in [4.69, 9.17) is 19.9 Å². The Kier molecular flexibility index (Phi) is 11.8. The van der Waals surface area contributed by atoms with E-state index in [1.165, 1.54) is 127 Å². The van der Waals surface area contributed by atoms with Crippen LogP contribution in [0.4, 0.5) is 0 Å². The van der Waals surface area contributed by atoms with Crippen molar-refractivity contribution in [2.75, 3.05) is 0 Å². The van der Waals surface area contributed by atoms with E-state index in [1.807, 2.05) is 24.5 Å². The molecule has 0 amide bonds. The van der Waals surface area contributed by atoms with Gasteiger partial charge in [0.25, 0.3) is 11.1 Å². The van der Waals surface area contributed by atoms with E-state index in [0.717, 1.165) is 69.4 Å². The van der Waals surface area contributed by atoms with Crippen molar-refractivity contribution in [2.24, 2.45) is 0 Å². The number of aryl methyl sites for hydroxylation is 2. The molecule has 0 aliphatic carbocycles. The van der Waals surface area contributed by atoms with Crippen molar-refractivity contribution in [1.29, 1.82) is 0 Å². The first kappa shape index (κ1) is 37.7. The fourth-order valence-electron chi connectivity index (χ4n) is 8.82. The summed E-state index contributed by atoms with van der Waals surface area (Å²) in [4.78, 5) is 48.0. The summed E-state index contributed by atoms with van der Waals surface area (Å²) in [5.74, 6) is 0. The van der Waals surface area contributed by atoms with Gasteiger partial charge >= 0.3 is 0 Å². The summed E-state index contributed by atoms with van der Waals surface area (Å²) in [5.41, 5.74) is 5.78. The molecule has 9 heteroatoms. The molecule has 0 aliphatic rings. The largest absolute Gasteiger partial charge is 0.276 e. The fraction of sp³-hybridized carbons (Fsp3) is 0.522. The number of aromatic nitrogens is 6. The third kappa shape index (κ3) is 7.53. The summed E-state index contributed by atoms with van der Waals surface area (Å²) in [6.45, 7) is 4.54. The minimum atomic E-state index is -0.176. The monoisotopic (exact) mass is 756 g/mol. The molecule has 0 fully saturated rings. The SMILES string of the molecule is CCCCCCCCCCCCc1cnc2c(c1)nc1c3ccc4c5c(sc(c(=O)n21)c35)c(=O)n1c2ncc(CCCCCCCCCCCC)cc2nc41. The molecule has 0 unspecified atom stereocenters. The van der Waals surface area contributed by atoms with Crippen LogP contribution < -0.4 is 11.1 Å².